The molecule has 1 aromatic rings. The number of phenols is 1. The Hall–Kier alpha value is -0.690. The molecule has 0 bridgehead atoms. The first-order valence-electron chi connectivity index (χ1n) is 5.87. The summed E-state index contributed by atoms with van der Waals surface area (Å²) in [6, 6.07) is 2.44. The van der Waals surface area contributed by atoms with E-state index < -0.39 is 16.1 Å². The fourth-order valence-electron chi connectivity index (χ4n) is 1.57. The Balaban J connectivity index is 2.94. The summed E-state index contributed by atoms with van der Waals surface area (Å²) >= 11 is 11.6. The molecule has 1 atom stereocenters. The number of nitrogens with one attached hydrogen (secondary N) is 1. The number of hydrogen-bond donors (Lipinski definition) is 2. The zero-order chi connectivity index (χ0) is 15.5. The van der Waals surface area contributed by atoms with Crippen LogP contribution in [0.2, 0.25) is 10.0 Å². The van der Waals surface area contributed by atoms with Gasteiger partial charge in [-0.2, -0.15) is 0 Å². The molecule has 0 aliphatic heterocycles. The summed E-state index contributed by atoms with van der Waals surface area (Å²) in [5.41, 5.74) is 0.0761. The number of rotatable bonds is 6. The van der Waals surface area contributed by atoms with Crippen LogP contribution in [0.1, 0.15) is 13.8 Å². The predicted octanol–water partition coefficient (Wildman–Crippen LogP) is 3.11. The molecule has 1 rings (SSSR count). The van der Waals surface area contributed by atoms with Crippen molar-refractivity contribution < 1.29 is 18.3 Å². The number of methoxy groups -OCH3 is 1. The van der Waals surface area contributed by atoms with Gasteiger partial charge in [0.05, 0.1) is 27.6 Å². The number of sulfonamides is 1. The van der Waals surface area contributed by atoms with Gasteiger partial charge in [-0.1, -0.05) is 37.0 Å². The van der Waals surface area contributed by atoms with Crippen LogP contribution >= 0.6 is 23.2 Å². The van der Waals surface area contributed by atoms with E-state index in [9.17, 15) is 13.5 Å². The summed E-state index contributed by atoms with van der Waals surface area (Å²) in [4.78, 5) is 0. The molecular formula is C12H17Cl2NO4S. The molecule has 0 spiro atoms. The number of ether oxygens (including phenoxy) is 1. The van der Waals surface area contributed by atoms with E-state index >= 15 is 0 Å². The van der Waals surface area contributed by atoms with Gasteiger partial charge in [0.15, 0.2) is 0 Å². The van der Waals surface area contributed by atoms with Gasteiger partial charge >= 0.3 is 0 Å². The first-order chi connectivity index (χ1) is 9.16. The van der Waals surface area contributed by atoms with Crippen LogP contribution in [0.15, 0.2) is 12.1 Å². The standard InChI is InChI=1S/C12H17Cl2NO4S/c1-7(2)12(19-3)6-20(17,18)15-10-5-11(16)9(14)4-8(10)13/h4-5,7,12,15-16H,6H2,1-3H3. The molecule has 8 heteroatoms. The molecule has 0 aliphatic rings. The molecule has 2 N–H and O–H groups in total. The largest absolute Gasteiger partial charge is 0.506 e. The maximum Gasteiger partial charge on any atom is 0.235 e. The lowest BCUT2D eigenvalue weighted by atomic mass is 10.1. The Kier molecular flexibility index (Phi) is 5.94. The molecule has 0 heterocycles. The van der Waals surface area contributed by atoms with Gasteiger partial charge in [0.25, 0.3) is 0 Å². The van der Waals surface area contributed by atoms with Gasteiger partial charge in [-0.05, 0) is 12.0 Å². The summed E-state index contributed by atoms with van der Waals surface area (Å²) in [5.74, 6) is -0.410. The third kappa shape index (κ3) is 4.70. The van der Waals surface area contributed by atoms with Crippen molar-refractivity contribution >= 4 is 38.9 Å². The van der Waals surface area contributed by atoms with Gasteiger partial charge in [-0.3, -0.25) is 4.72 Å². The molecule has 0 aliphatic carbocycles. The highest BCUT2D eigenvalue weighted by Crippen LogP contribution is 2.33. The molecule has 20 heavy (non-hydrogen) atoms. The fraction of sp³-hybridized carbons (Fsp3) is 0.500. The molecule has 0 radical (unpaired) electrons. The number of hydrogen-bond acceptors (Lipinski definition) is 4. The summed E-state index contributed by atoms with van der Waals surface area (Å²) in [6.45, 7) is 3.73. The summed E-state index contributed by atoms with van der Waals surface area (Å²) < 4.78 is 31.6. The van der Waals surface area contributed by atoms with Crippen LogP contribution in [0, 0.1) is 5.92 Å². The number of aromatic hydroxyl groups is 1. The zero-order valence-electron chi connectivity index (χ0n) is 11.4. The fourth-order valence-corrected chi connectivity index (χ4v) is 3.60. The lowest BCUT2D eigenvalue weighted by molar-refractivity contribution is 0.0829. The van der Waals surface area contributed by atoms with Crippen LogP contribution in [0.4, 0.5) is 5.69 Å². The molecule has 1 unspecified atom stereocenters. The van der Waals surface area contributed by atoms with E-state index in [-0.39, 0.29) is 33.2 Å². The lowest BCUT2D eigenvalue weighted by Gasteiger charge is -2.20. The van der Waals surface area contributed by atoms with Gasteiger partial charge in [-0.25, -0.2) is 8.42 Å². The van der Waals surface area contributed by atoms with Crippen molar-refractivity contribution in [1.29, 1.82) is 0 Å². The van der Waals surface area contributed by atoms with Crippen LogP contribution in [0.25, 0.3) is 0 Å². The average Bonchev–Trinajstić information content (AvgIpc) is 2.32. The molecule has 0 saturated carbocycles. The van der Waals surface area contributed by atoms with Gasteiger partial charge in [0.1, 0.15) is 5.75 Å². The van der Waals surface area contributed by atoms with Crippen LogP contribution in [0.3, 0.4) is 0 Å². The van der Waals surface area contributed by atoms with E-state index in [2.05, 4.69) is 4.72 Å². The van der Waals surface area contributed by atoms with Crippen molar-refractivity contribution in [3.05, 3.63) is 22.2 Å². The van der Waals surface area contributed by atoms with Gasteiger partial charge in [-0.15, -0.1) is 0 Å². The average molecular weight is 342 g/mol. The smallest absolute Gasteiger partial charge is 0.235 e. The minimum absolute atomic E-state index is 0.0469. The Morgan fingerprint density at radius 3 is 2.40 bits per heavy atom. The number of anilines is 1. The second-order valence-electron chi connectivity index (χ2n) is 4.69. The molecule has 0 amide bonds. The van der Waals surface area contributed by atoms with Gasteiger partial charge in [0.2, 0.25) is 10.0 Å². The molecular weight excluding hydrogens is 325 g/mol. The molecule has 0 fully saturated rings. The van der Waals surface area contributed by atoms with Crippen LogP contribution in [0.5, 0.6) is 5.75 Å². The topological polar surface area (TPSA) is 75.6 Å². The monoisotopic (exact) mass is 341 g/mol. The van der Waals surface area contributed by atoms with Crippen molar-refractivity contribution in [3.8, 4) is 5.75 Å². The van der Waals surface area contributed by atoms with E-state index in [1.54, 1.807) is 0 Å². The maximum absolute atomic E-state index is 12.1. The molecule has 114 valence electrons. The van der Waals surface area contributed by atoms with Crippen LogP contribution < -0.4 is 4.72 Å². The van der Waals surface area contributed by atoms with Gasteiger partial charge < -0.3 is 9.84 Å². The second-order valence-corrected chi connectivity index (χ2v) is 7.27. The first kappa shape index (κ1) is 17.4. The van der Waals surface area contributed by atoms with Crippen LogP contribution in [-0.2, 0) is 14.8 Å². The Morgan fingerprint density at radius 1 is 1.30 bits per heavy atom. The SMILES string of the molecule is COC(CS(=O)(=O)Nc1cc(O)c(Cl)cc1Cl)C(C)C. The highest BCUT2D eigenvalue weighted by Gasteiger charge is 2.22. The van der Waals surface area contributed by atoms with Crippen molar-refractivity contribution in [2.45, 2.75) is 20.0 Å². The summed E-state index contributed by atoms with van der Waals surface area (Å²) in [7, 11) is -2.20. The zero-order valence-corrected chi connectivity index (χ0v) is 13.7. The second kappa shape index (κ2) is 6.85. The molecule has 0 aromatic heterocycles. The minimum atomic E-state index is -3.66. The first-order valence-corrected chi connectivity index (χ1v) is 8.28. The Bertz CT molecular complexity index is 575. The number of halogens is 2. The van der Waals surface area contributed by atoms with E-state index in [1.165, 1.54) is 19.2 Å². The van der Waals surface area contributed by atoms with Gasteiger partial charge in [0, 0.05) is 13.2 Å². The Morgan fingerprint density at radius 2 is 1.90 bits per heavy atom. The molecule has 5 nitrogen and oxygen atoms in total. The summed E-state index contributed by atoms with van der Waals surface area (Å²) in [5, 5.41) is 9.64. The lowest BCUT2D eigenvalue weighted by Crippen LogP contribution is -2.31. The normalized spacial score (nSPS) is 13.5. The van der Waals surface area contributed by atoms with Crippen LogP contribution in [-0.4, -0.2) is 32.5 Å². The highest BCUT2D eigenvalue weighted by molar-refractivity contribution is 7.92. The minimum Gasteiger partial charge on any atom is -0.506 e. The molecule has 0 saturated heterocycles. The third-order valence-electron chi connectivity index (χ3n) is 2.73. The Labute approximate surface area is 128 Å². The maximum atomic E-state index is 12.1. The number of benzene rings is 1. The molecule has 1 aromatic carbocycles. The van der Waals surface area contributed by atoms with Crippen molar-refractivity contribution in [2.24, 2.45) is 5.92 Å². The predicted molar refractivity (Wildman–Crippen MR) is 81.2 cm³/mol. The highest BCUT2D eigenvalue weighted by atomic mass is 35.5. The summed E-state index contributed by atoms with van der Waals surface area (Å²) in [6.07, 6.45) is -0.438. The van der Waals surface area contributed by atoms with E-state index in [0.717, 1.165) is 0 Å². The van der Waals surface area contributed by atoms with Crippen molar-refractivity contribution in [1.82, 2.24) is 0 Å². The third-order valence-corrected chi connectivity index (χ3v) is 4.65. The van der Waals surface area contributed by atoms with E-state index in [4.69, 9.17) is 27.9 Å². The van der Waals surface area contributed by atoms with E-state index in [0.29, 0.717) is 0 Å². The van der Waals surface area contributed by atoms with Crippen molar-refractivity contribution in [3.63, 3.8) is 0 Å². The number of phenolic OH excluding ortho intramolecular Hbond substituents is 1. The van der Waals surface area contributed by atoms with Crippen molar-refractivity contribution in [2.75, 3.05) is 17.6 Å². The quantitative estimate of drug-likeness (QED) is 0.833. The van der Waals surface area contributed by atoms with E-state index in [1.807, 2.05) is 13.8 Å².